The smallest absolute Gasteiger partial charge is 0.309 e. The van der Waals surface area contributed by atoms with E-state index in [1.165, 1.54) is 0 Å². The average Bonchev–Trinajstić information content (AvgIpc) is 2.37. The number of aryl methyl sites for hydroxylation is 2. The van der Waals surface area contributed by atoms with Crippen LogP contribution >= 0.6 is 0 Å². The van der Waals surface area contributed by atoms with Crippen LogP contribution in [0.5, 0.6) is 5.75 Å². The Morgan fingerprint density at radius 2 is 1.81 bits per heavy atom. The van der Waals surface area contributed by atoms with Gasteiger partial charge >= 0.3 is 5.97 Å². The standard InChI is InChI=1S/C16H23NO4/c1-11-6-5-7-12(2)14(11)21-10-13(18)17-9-8-16(3,4)15(19)20/h5-7H,8-10H2,1-4H3,(H,17,18)(H,19,20). The predicted octanol–water partition coefficient (Wildman–Crippen LogP) is 2.30. The Morgan fingerprint density at radius 3 is 2.33 bits per heavy atom. The Morgan fingerprint density at radius 1 is 1.24 bits per heavy atom. The predicted molar refractivity (Wildman–Crippen MR) is 80.5 cm³/mol. The van der Waals surface area contributed by atoms with Gasteiger partial charge in [0, 0.05) is 6.54 Å². The summed E-state index contributed by atoms with van der Waals surface area (Å²) in [6, 6.07) is 5.79. The quantitative estimate of drug-likeness (QED) is 0.809. The van der Waals surface area contributed by atoms with Gasteiger partial charge < -0.3 is 15.2 Å². The van der Waals surface area contributed by atoms with Gasteiger partial charge in [0.05, 0.1) is 5.41 Å². The van der Waals surface area contributed by atoms with Gasteiger partial charge in [0.25, 0.3) is 5.91 Å². The lowest BCUT2D eigenvalue weighted by Gasteiger charge is -2.19. The SMILES string of the molecule is Cc1cccc(C)c1OCC(=O)NCCC(C)(C)C(=O)O. The van der Waals surface area contributed by atoms with E-state index in [0.717, 1.165) is 16.9 Å². The molecule has 0 saturated heterocycles. The van der Waals surface area contributed by atoms with Gasteiger partial charge in [-0.1, -0.05) is 18.2 Å². The summed E-state index contributed by atoms with van der Waals surface area (Å²) in [4.78, 5) is 22.7. The van der Waals surface area contributed by atoms with Crippen molar-refractivity contribution >= 4 is 11.9 Å². The molecule has 0 fully saturated rings. The summed E-state index contributed by atoms with van der Waals surface area (Å²) in [5, 5.41) is 11.7. The van der Waals surface area contributed by atoms with Crippen LogP contribution in [-0.2, 0) is 9.59 Å². The number of hydrogen-bond donors (Lipinski definition) is 2. The molecule has 0 atom stereocenters. The normalized spacial score (nSPS) is 11.0. The molecule has 0 aliphatic carbocycles. The summed E-state index contributed by atoms with van der Waals surface area (Å²) in [7, 11) is 0. The van der Waals surface area contributed by atoms with E-state index < -0.39 is 11.4 Å². The Kier molecular flexibility index (Phi) is 5.76. The second kappa shape index (κ2) is 7.11. The molecule has 1 rings (SSSR count). The minimum atomic E-state index is -0.872. The van der Waals surface area contributed by atoms with Gasteiger partial charge in [-0.15, -0.1) is 0 Å². The molecule has 2 N–H and O–H groups in total. The third-order valence-electron chi connectivity index (χ3n) is 3.41. The molecular formula is C16H23NO4. The Bertz CT molecular complexity index is 503. The van der Waals surface area contributed by atoms with Crippen LogP contribution < -0.4 is 10.1 Å². The maximum atomic E-state index is 11.7. The van der Waals surface area contributed by atoms with Gasteiger partial charge in [-0.25, -0.2) is 0 Å². The highest BCUT2D eigenvalue weighted by Gasteiger charge is 2.26. The molecule has 0 radical (unpaired) electrons. The molecule has 21 heavy (non-hydrogen) atoms. The topological polar surface area (TPSA) is 75.6 Å². The lowest BCUT2D eigenvalue weighted by Crippen LogP contribution is -2.34. The number of para-hydroxylation sites is 1. The number of carboxylic acids is 1. The van der Waals surface area contributed by atoms with Crippen LogP contribution in [0.25, 0.3) is 0 Å². The van der Waals surface area contributed by atoms with Crippen molar-refractivity contribution in [2.24, 2.45) is 5.41 Å². The van der Waals surface area contributed by atoms with E-state index in [9.17, 15) is 9.59 Å². The fourth-order valence-electron chi connectivity index (χ4n) is 1.84. The Hall–Kier alpha value is -2.04. The second-order valence-electron chi connectivity index (χ2n) is 5.80. The van der Waals surface area contributed by atoms with Gasteiger partial charge in [0.15, 0.2) is 6.61 Å². The second-order valence-corrected chi connectivity index (χ2v) is 5.80. The molecule has 116 valence electrons. The minimum Gasteiger partial charge on any atom is -0.483 e. The number of carbonyl (C=O) groups is 2. The zero-order valence-corrected chi connectivity index (χ0v) is 13.0. The van der Waals surface area contributed by atoms with E-state index in [-0.39, 0.29) is 12.5 Å². The minimum absolute atomic E-state index is 0.0702. The molecule has 0 spiro atoms. The summed E-state index contributed by atoms with van der Waals surface area (Å²) >= 11 is 0. The van der Waals surface area contributed by atoms with Crippen molar-refractivity contribution in [3.05, 3.63) is 29.3 Å². The molecule has 1 amide bonds. The highest BCUT2D eigenvalue weighted by atomic mass is 16.5. The highest BCUT2D eigenvalue weighted by molar-refractivity contribution is 5.78. The van der Waals surface area contributed by atoms with Crippen LogP contribution in [0.4, 0.5) is 0 Å². The summed E-state index contributed by atoms with van der Waals surface area (Å²) in [5.41, 5.74) is 1.12. The van der Waals surface area contributed by atoms with Crippen molar-refractivity contribution < 1.29 is 19.4 Å². The van der Waals surface area contributed by atoms with Crippen molar-refractivity contribution in [3.63, 3.8) is 0 Å². The van der Waals surface area contributed by atoms with Crippen molar-refractivity contribution in [1.82, 2.24) is 5.32 Å². The largest absolute Gasteiger partial charge is 0.483 e. The van der Waals surface area contributed by atoms with Crippen molar-refractivity contribution in [1.29, 1.82) is 0 Å². The van der Waals surface area contributed by atoms with Crippen LogP contribution in [0.3, 0.4) is 0 Å². The number of aliphatic carboxylic acids is 1. The van der Waals surface area contributed by atoms with Crippen molar-refractivity contribution in [3.8, 4) is 5.75 Å². The molecule has 5 heteroatoms. The molecular weight excluding hydrogens is 270 g/mol. The van der Waals surface area contributed by atoms with Gasteiger partial charge in [-0.2, -0.15) is 0 Å². The fourth-order valence-corrected chi connectivity index (χ4v) is 1.84. The maximum absolute atomic E-state index is 11.7. The van der Waals surface area contributed by atoms with Gasteiger partial charge in [-0.3, -0.25) is 9.59 Å². The van der Waals surface area contributed by atoms with Crippen LogP contribution in [0, 0.1) is 19.3 Å². The van der Waals surface area contributed by atoms with E-state index in [1.54, 1.807) is 13.8 Å². The lowest BCUT2D eigenvalue weighted by atomic mass is 9.90. The van der Waals surface area contributed by atoms with Crippen LogP contribution in [0.15, 0.2) is 18.2 Å². The first kappa shape index (κ1) is 17.0. The van der Waals surface area contributed by atoms with Crippen LogP contribution in [-0.4, -0.2) is 30.1 Å². The van der Waals surface area contributed by atoms with E-state index in [4.69, 9.17) is 9.84 Å². The molecule has 0 aromatic heterocycles. The number of rotatable bonds is 7. The molecule has 0 aliphatic heterocycles. The summed E-state index contributed by atoms with van der Waals surface area (Å²) in [5.74, 6) is -0.402. The van der Waals surface area contributed by atoms with Gasteiger partial charge in [0.1, 0.15) is 5.75 Å². The molecule has 0 saturated carbocycles. The number of benzene rings is 1. The lowest BCUT2D eigenvalue weighted by molar-refractivity contribution is -0.147. The molecule has 0 bridgehead atoms. The van der Waals surface area contributed by atoms with Crippen LogP contribution in [0.2, 0.25) is 0 Å². The van der Waals surface area contributed by atoms with E-state index in [0.29, 0.717) is 13.0 Å². The number of nitrogens with one attached hydrogen (secondary N) is 1. The van der Waals surface area contributed by atoms with Crippen molar-refractivity contribution in [2.45, 2.75) is 34.1 Å². The molecule has 0 heterocycles. The number of amides is 1. The number of carboxylic acid groups (broad SMARTS) is 1. The third kappa shape index (κ3) is 5.10. The van der Waals surface area contributed by atoms with Crippen LogP contribution in [0.1, 0.15) is 31.4 Å². The monoisotopic (exact) mass is 293 g/mol. The molecule has 5 nitrogen and oxygen atoms in total. The molecule has 0 aliphatic rings. The number of hydrogen-bond acceptors (Lipinski definition) is 3. The maximum Gasteiger partial charge on any atom is 0.309 e. The Balaban J connectivity index is 2.40. The summed E-state index contributed by atoms with van der Waals surface area (Å²) < 4.78 is 5.53. The molecule has 1 aromatic rings. The van der Waals surface area contributed by atoms with Gasteiger partial charge in [0.2, 0.25) is 0 Å². The zero-order valence-electron chi connectivity index (χ0n) is 13.0. The first-order valence-electron chi connectivity index (χ1n) is 6.93. The first-order valence-corrected chi connectivity index (χ1v) is 6.93. The van der Waals surface area contributed by atoms with E-state index in [2.05, 4.69) is 5.32 Å². The number of ether oxygens (including phenoxy) is 1. The van der Waals surface area contributed by atoms with Crippen molar-refractivity contribution in [2.75, 3.05) is 13.2 Å². The average molecular weight is 293 g/mol. The first-order chi connectivity index (χ1) is 9.74. The van der Waals surface area contributed by atoms with E-state index in [1.807, 2.05) is 32.0 Å². The summed E-state index contributed by atoms with van der Waals surface area (Å²) in [6.45, 7) is 7.36. The summed E-state index contributed by atoms with van der Waals surface area (Å²) in [6.07, 6.45) is 0.372. The number of carbonyl (C=O) groups excluding carboxylic acids is 1. The van der Waals surface area contributed by atoms with Gasteiger partial charge in [-0.05, 0) is 45.2 Å². The fraction of sp³-hybridized carbons (Fsp3) is 0.500. The molecule has 0 unspecified atom stereocenters. The molecule has 1 aromatic carbocycles. The van der Waals surface area contributed by atoms with E-state index >= 15 is 0 Å². The zero-order chi connectivity index (χ0) is 16.0. The highest BCUT2D eigenvalue weighted by Crippen LogP contribution is 2.22. The third-order valence-corrected chi connectivity index (χ3v) is 3.41. The Labute approximate surface area is 125 Å².